The van der Waals surface area contributed by atoms with Gasteiger partial charge in [-0.2, -0.15) is 4.98 Å². The zero-order valence-electron chi connectivity index (χ0n) is 11.2. The molecule has 1 aliphatic carbocycles. The second-order valence-electron chi connectivity index (χ2n) is 5.74. The van der Waals surface area contributed by atoms with Crippen LogP contribution >= 0.6 is 0 Å². The van der Waals surface area contributed by atoms with Gasteiger partial charge in [0.25, 0.3) is 0 Å². The van der Waals surface area contributed by atoms with E-state index in [0.717, 1.165) is 37.9 Å². The molecule has 20 heavy (non-hydrogen) atoms. The second kappa shape index (κ2) is 4.31. The number of nitrogens with two attached hydrogens (primary N) is 1. The molecule has 5 heteroatoms. The molecule has 2 aromatic rings. The summed E-state index contributed by atoms with van der Waals surface area (Å²) in [6, 6.07) is 8.02. The van der Waals surface area contributed by atoms with E-state index >= 15 is 0 Å². The maximum absolute atomic E-state index is 6.34. The number of aromatic nitrogens is 2. The van der Waals surface area contributed by atoms with Gasteiger partial charge in [0.15, 0.2) is 6.10 Å². The van der Waals surface area contributed by atoms with E-state index in [9.17, 15) is 0 Å². The molecule has 0 amide bonds. The van der Waals surface area contributed by atoms with Crippen LogP contribution in [0, 0.1) is 0 Å². The molecule has 1 aromatic heterocycles. The minimum atomic E-state index is -0.434. The van der Waals surface area contributed by atoms with Gasteiger partial charge in [-0.25, -0.2) is 0 Å². The fraction of sp³-hybridized carbons (Fsp3) is 0.467. The Kier molecular flexibility index (Phi) is 2.57. The third-order valence-corrected chi connectivity index (χ3v) is 4.30. The van der Waals surface area contributed by atoms with E-state index in [-0.39, 0.29) is 6.10 Å². The van der Waals surface area contributed by atoms with Gasteiger partial charge in [0.2, 0.25) is 11.7 Å². The minimum absolute atomic E-state index is 0.157. The van der Waals surface area contributed by atoms with Crippen LogP contribution in [0.3, 0.4) is 0 Å². The summed E-state index contributed by atoms with van der Waals surface area (Å²) in [4.78, 5) is 4.50. The SMILES string of the molecule is NC1(c2nc(C3Cc4ccccc4O3)no2)CCCC1. The number of hydrogen-bond acceptors (Lipinski definition) is 5. The van der Waals surface area contributed by atoms with Gasteiger partial charge in [-0.1, -0.05) is 36.2 Å². The van der Waals surface area contributed by atoms with Crippen LogP contribution in [0.15, 0.2) is 28.8 Å². The lowest BCUT2D eigenvalue weighted by Gasteiger charge is -2.17. The quantitative estimate of drug-likeness (QED) is 0.908. The Morgan fingerprint density at radius 1 is 1.20 bits per heavy atom. The zero-order valence-corrected chi connectivity index (χ0v) is 11.2. The summed E-state index contributed by atoms with van der Waals surface area (Å²) >= 11 is 0. The lowest BCUT2D eigenvalue weighted by Crippen LogP contribution is -2.33. The predicted octanol–water partition coefficient (Wildman–Crippen LogP) is 2.47. The molecule has 1 aromatic carbocycles. The van der Waals surface area contributed by atoms with Crippen LogP contribution in [-0.4, -0.2) is 10.1 Å². The first-order chi connectivity index (χ1) is 9.74. The molecule has 2 heterocycles. The van der Waals surface area contributed by atoms with Crippen LogP contribution < -0.4 is 10.5 Å². The van der Waals surface area contributed by atoms with Gasteiger partial charge >= 0.3 is 0 Å². The average Bonchev–Trinajstić information content (AvgIpc) is 3.17. The maximum atomic E-state index is 6.34. The summed E-state index contributed by atoms with van der Waals surface area (Å²) in [6.45, 7) is 0. The maximum Gasteiger partial charge on any atom is 0.246 e. The van der Waals surface area contributed by atoms with Crippen molar-refractivity contribution >= 4 is 0 Å². The van der Waals surface area contributed by atoms with Gasteiger partial charge in [-0.15, -0.1) is 0 Å². The molecular weight excluding hydrogens is 254 g/mol. The van der Waals surface area contributed by atoms with Crippen molar-refractivity contribution in [2.75, 3.05) is 0 Å². The molecule has 5 nitrogen and oxygen atoms in total. The second-order valence-corrected chi connectivity index (χ2v) is 5.74. The average molecular weight is 271 g/mol. The summed E-state index contributed by atoms with van der Waals surface area (Å²) < 4.78 is 11.3. The Morgan fingerprint density at radius 3 is 2.80 bits per heavy atom. The van der Waals surface area contributed by atoms with E-state index in [1.165, 1.54) is 5.56 Å². The van der Waals surface area contributed by atoms with E-state index in [2.05, 4.69) is 16.2 Å². The van der Waals surface area contributed by atoms with Gasteiger partial charge in [-0.05, 0) is 24.5 Å². The van der Waals surface area contributed by atoms with Gasteiger partial charge < -0.3 is 15.0 Å². The molecule has 104 valence electrons. The third-order valence-electron chi connectivity index (χ3n) is 4.30. The number of benzene rings is 1. The summed E-state index contributed by atoms with van der Waals surface area (Å²) in [5.41, 5.74) is 7.09. The number of fused-ring (bicyclic) bond motifs is 1. The predicted molar refractivity (Wildman–Crippen MR) is 72.1 cm³/mol. The molecule has 0 radical (unpaired) electrons. The van der Waals surface area contributed by atoms with Crippen LogP contribution in [0.2, 0.25) is 0 Å². The Balaban J connectivity index is 1.58. The molecule has 4 rings (SSSR count). The van der Waals surface area contributed by atoms with Crippen LogP contribution in [0.5, 0.6) is 5.75 Å². The van der Waals surface area contributed by atoms with Crippen LogP contribution in [0.25, 0.3) is 0 Å². The van der Waals surface area contributed by atoms with Gasteiger partial charge in [-0.3, -0.25) is 0 Å². The van der Waals surface area contributed by atoms with Crippen LogP contribution in [0.1, 0.15) is 49.1 Å². The normalized spacial score (nSPS) is 23.6. The van der Waals surface area contributed by atoms with Crippen molar-refractivity contribution in [3.63, 3.8) is 0 Å². The van der Waals surface area contributed by atoms with Gasteiger partial charge in [0.05, 0.1) is 5.54 Å². The van der Waals surface area contributed by atoms with Crippen LogP contribution in [-0.2, 0) is 12.0 Å². The smallest absolute Gasteiger partial charge is 0.246 e. The van der Waals surface area contributed by atoms with E-state index in [1.807, 2.05) is 18.2 Å². The number of ether oxygens (including phenoxy) is 1. The summed E-state index contributed by atoms with van der Waals surface area (Å²) in [6.07, 6.45) is 4.71. The first-order valence-corrected chi connectivity index (χ1v) is 7.12. The highest BCUT2D eigenvalue weighted by atomic mass is 16.5. The van der Waals surface area contributed by atoms with Gasteiger partial charge in [0, 0.05) is 6.42 Å². The van der Waals surface area contributed by atoms with Crippen LogP contribution in [0.4, 0.5) is 0 Å². The van der Waals surface area contributed by atoms with Crippen molar-refractivity contribution in [2.24, 2.45) is 5.73 Å². The fourth-order valence-electron chi connectivity index (χ4n) is 3.11. The summed E-state index contributed by atoms with van der Waals surface area (Å²) in [5, 5.41) is 4.08. The molecule has 0 saturated heterocycles. The molecule has 1 atom stereocenters. The lowest BCUT2D eigenvalue weighted by atomic mass is 9.99. The monoisotopic (exact) mass is 271 g/mol. The Hall–Kier alpha value is -1.88. The lowest BCUT2D eigenvalue weighted by molar-refractivity contribution is 0.219. The van der Waals surface area contributed by atoms with E-state index in [0.29, 0.717) is 11.7 Å². The number of nitrogens with zero attached hydrogens (tertiary/aromatic N) is 2. The van der Waals surface area contributed by atoms with Crippen molar-refractivity contribution < 1.29 is 9.26 Å². The molecule has 1 aliphatic heterocycles. The molecule has 1 fully saturated rings. The zero-order chi connectivity index (χ0) is 13.6. The third kappa shape index (κ3) is 1.81. The molecule has 0 spiro atoms. The molecule has 1 unspecified atom stereocenters. The van der Waals surface area contributed by atoms with E-state index in [4.69, 9.17) is 15.0 Å². The van der Waals surface area contributed by atoms with Crippen molar-refractivity contribution in [1.29, 1.82) is 0 Å². The van der Waals surface area contributed by atoms with E-state index < -0.39 is 5.54 Å². The molecule has 2 aliphatic rings. The Labute approximate surface area is 117 Å². The van der Waals surface area contributed by atoms with Crippen molar-refractivity contribution in [1.82, 2.24) is 10.1 Å². The first kappa shape index (κ1) is 11.9. The largest absolute Gasteiger partial charge is 0.482 e. The van der Waals surface area contributed by atoms with E-state index in [1.54, 1.807) is 0 Å². The number of rotatable bonds is 2. The topological polar surface area (TPSA) is 74.2 Å². The number of para-hydroxylation sites is 1. The first-order valence-electron chi connectivity index (χ1n) is 7.12. The number of hydrogen-bond donors (Lipinski definition) is 1. The fourth-order valence-corrected chi connectivity index (χ4v) is 3.11. The summed E-state index contributed by atoms with van der Waals surface area (Å²) in [7, 11) is 0. The van der Waals surface area contributed by atoms with Gasteiger partial charge in [0.1, 0.15) is 5.75 Å². The van der Waals surface area contributed by atoms with Crippen molar-refractivity contribution in [3.05, 3.63) is 41.5 Å². The highest BCUT2D eigenvalue weighted by Gasteiger charge is 2.38. The molecule has 0 bridgehead atoms. The Bertz CT molecular complexity index is 607. The molecule has 1 saturated carbocycles. The highest BCUT2D eigenvalue weighted by Crippen LogP contribution is 2.38. The molecule has 2 N–H and O–H groups in total. The molecular formula is C15H17N3O2. The highest BCUT2D eigenvalue weighted by molar-refractivity contribution is 5.37. The summed E-state index contributed by atoms with van der Waals surface area (Å²) in [5.74, 6) is 2.07. The standard InChI is InChI=1S/C15H17N3O2/c16-15(7-3-4-8-15)14-17-13(18-20-14)12-9-10-5-1-2-6-11(10)19-12/h1-2,5-6,12H,3-4,7-9,16H2. The van der Waals surface area contributed by atoms with Crippen molar-refractivity contribution in [2.45, 2.75) is 43.7 Å². The van der Waals surface area contributed by atoms with Crippen molar-refractivity contribution in [3.8, 4) is 5.75 Å². The minimum Gasteiger partial charge on any atom is -0.482 e. The Morgan fingerprint density at radius 2 is 2.00 bits per heavy atom.